The largest absolute Gasteiger partial charge is 0.274 e. The van der Waals surface area contributed by atoms with Crippen molar-refractivity contribution in [2.75, 3.05) is 4.90 Å². The molecular weight excluding hydrogens is 377 g/mol. The second kappa shape index (κ2) is 6.98. The van der Waals surface area contributed by atoms with Gasteiger partial charge in [0.05, 0.1) is 11.2 Å². The van der Waals surface area contributed by atoms with Gasteiger partial charge in [0.1, 0.15) is 11.1 Å². The third kappa shape index (κ3) is 3.26. The molecule has 1 saturated heterocycles. The van der Waals surface area contributed by atoms with Gasteiger partial charge in [0.15, 0.2) is 5.16 Å². The minimum atomic E-state index is -0.596. The number of fused-ring (bicyclic) bond motifs is 1. The molecule has 0 aliphatic carbocycles. The number of benzene rings is 2. The Morgan fingerprint density at radius 2 is 1.71 bits per heavy atom. The molecule has 1 aliphatic rings. The second-order valence-corrected chi connectivity index (χ2v) is 8.07. The van der Waals surface area contributed by atoms with E-state index >= 15 is 0 Å². The zero-order chi connectivity index (χ0) is 20.0. The van der Waals surface area contributed by atoms with Crippen LogP contribution in [0.1, 0.15) is 23.2 Å². The highest BCUT2D eigenvalue weighted by Gasteiger charge is 2.40. The summed E-state index contributed by atoms with van der Waals surface area (Å²) in [6.45, 7) is 5.98. The van der Waals surface area contributed by atoms with E-state index in [1.54, 1.807) is 0 Å². The van der Waals surface area contributed by atoms with Gasteiger partial charge in [-0.25, -0.2) is 19.3 Å². The molecule has 3 aromatic rings. The van der Waals surface area contributed by atoms with Crippen molar-refractivity contribution in [3.05, 3.63) is 59.0 Å². The number of amides is 2. The van der Waals surface area contributed by atoms with Gasteiger partial charge < -0.3 is 0 Å². The number of hydrogen-bond donors (Lipinski definition) is 0. The van der Waals surface area contributed by atoms with Gasteiger partial charge in [0.25, 0.3) is 0 Å². The van der Waals surface area contributed by atoms with E-state index < -0.39 is 11.1 Å². The van der Waals surface area contributed by atoms with Crippen molar-refractivity contribution in [2.24, 2.45) is 0 Å². The SMILES string of the molecule is Cc1cc2nc(SC3CC(=O)N(c4ccc(F)cc4)C3=O)nc(C)c2cc1C. The van der Waals surface area contributed by atoms with Gasteiger partial charge in [0.2, 0.25) is 11.8 Å². The first kappa shape index (κ1) is 18.6. The van der Waals surface area contributed by atoms with Crippen molar-refractivity contribution in [2.45, 2.75) is 37.6 Å². The molecule has 7 heteroatoms. The Morgan fingerprint density at radius 1 is 1.04 bits per heavy atom. The molecule has 1 atom stereocenters. The summed E-state index contributed by atoms with van der Waals surface area (Å²) in [5.74, 6) is -1.06. The molecular formula is C21H18FN3O2S. The normalized spacial score (nSPS) is 17.0. The molecule has 1 aromatic heterocycles. The van der Waals surface area contributed by atoms with E-state index in [1.165, 1.54) is 41.6 Å². The molecule has 0 saturated carbocycles. The summed E-state index contributed by atoms with van der Waals surface area (Å²) in [5, 5.41) is 0.857. The molecule has 0 bridgehead atoms. The molecule has 4 rings (SSSR count). The maximum absolute atomic E-state index is 13.1. The van der Waals surface area contributed by atoms with Gasteiger partial charge >= 0.3 is 0 Å². The van der Waals surface area contributed by atoms with Crippen LogP contribution in [0.4, 0.5) is 10.1 Å². The number of thioether (sulfide) groups is 1. The topological polar surface area (TPSA) is 63.2 Å². The Bertz CT molecular complexity index is 1110. The lowest BCUT2D eigenvalue weighted by molar-refractivity contribution is -0.121. The number of rotatable bonds is 3. The maximum Gasteiger partial charge on any atom is 0.247 e. The van der Waals surface area contributed by atoms with Gasteiger partial charge in [-0.05, 0) is 68.3 Å². The summed E-state index contributed by atoms with van der Waals surface area (Å²) in [6.07, 6.45) is 0.0637. The van der Waals surface area contributed by atoms with Crippen molar-refractivity contribution in [1.29, 1.82) is 0 Å². The van der Waals surface area contributed by atoms with E-state index in [4.69, 9.17) is 0 Å². The zero-order valence-electron chi connectivity index (χ0n) is 15.7. The highest BCUT2D eigenvalue weighted by molar-refractivity contribution is 8.00. The quantitative estimate of drug-likeness (QED) is 0.493. The number of aromatic nitrogens is 2. The molecule has 1 unspecified atom stereocenters. The van der Waals surface area contributed by atoms with E-state index in [2.05, 4.69) is 16.0 Å². The van der Waals surface area contributed by atoms with Crippen LogP contribution in [0.5, 0.6) is 0 Å². The Morgan fingerprint density at radius 3 is 2.43 bits per heavy atom. The zero-order valence-corrected chi connectivity index (χ0v) is 16.5. The van der Waals surface area contributed by atoms with Crippen molar-refractivity contribution in [3.8, 4) is 0 Å². The Kier molecular flexibility index (Phi) is 4.63. The molecule has 5 nitrogen and oxygen atoms in total. The van der Waals surface area contributed by atoms with E-state index in [0.29, 0.717) is 10.8 Å². The number of imide groups is 1. The average molecular weight is 395 g/mol. The van der Waals surface area contributed by atoms with Crippen LogP contribution in [0.2, 0.25) is 0 Å². The van der Waals surface area contributed by atoms with Crippen LogP contribution in [-0.2, 0) is 9.59 Å². The van der Waals surface area contributed by atoms with Crippen molar-refractivity contribution in [3.63, 3.8) is 0 Å². The van der Waals surface area contributed by atoms with Crippen molar-refractivity contribution in [1.82, 2.24) is 9.97 Å². The maximum atomic E-state index is 13.1. The number of halogens is 1. The summed E-state index contributed by atoms with van der Waals surface area (Å²) >= 11 is 1.20. The minimum absolute atomic E-state index is 0.0637. The van der Waals surface area contributed by atoms with Gasteiger partial charge in [-0.15, -0.1) is 0 Å². The average Bonchev–Trinajstić information content (AvgIpc) is 2.91. The van der Waals surface area contributed by atoms with Crippen LogP contribution in [0.3, 0.4) is 0 Å². The van der Waals surface area contributed by atoms with Gasteiger partial charge in [-0.2, -0.15) is 0 Å². The van der Waals surface area contributed by atoms with Gasteiger partial charge in [-0.1, -0.05) is 11.8 Å². The van der Waals surface area contributed by atoms with Crippen molar-refractivity contribution >= 4 is 40.2 Å². The van der Waals surface area contributed by atoms with Crippen molar-refractivity contribution < 1.29 is 14.0 Å². The van der Waals surface area contributed by atoms with Crippen LogP contribution in [0, 0.1) is 26.6 Å². The predicted molar refractivity (Wildman–Crippen MR) is 107 cm³/mol. The van der Waals surface area contributed by atoms with Crippen LogP contribution >= 0.6 is 11.8 Å². The minimum Gasteiger partial charge on any atom is -0.274 e. The molecule has 0 N–H and O–H groups in total. The Labute approximate surface area is 166 Å². The van der Waals surface area contributed by atoms with Crippen LogP contribution in [0.15, 0.2) is 41.6 Å². The lowest BCUT2D eigenvalue weighted by Crippen LogP contribution is -2.31. The smallest absolute Gasteiger partial charge is 0.247 e. The molecule has 2 heterocycles. The first-order chi connectivity index (χ1) is 13.3. The number of anilines is 1. The molecule has 142 valence electrons. The van der Waals surface area contributed by atoms with Crippen LogP contribution in [0.25, 0.3) is 10.9 Å². The molecule has 28 heavy (non-hydrogen) atoms. The first-order valence-corrected chi connectivity index (χ1v) is 9.76. The van der Waals surface area contributed by atoms with E-state index in [0.717, 1.165) is 27.1 Å². The number of nitrogens with zero attached hydrogens (tertiary/aromatic N) is 3. The summed E-state index contributed by atoms with van der Waals surface area (Å²) in [7, 11) is 0. The number of hydrogen-bond acceptors (Lipinski definition) is 5. The predicted octanol–water partition coefficient (Wildman–Crippen LogP) is 4.12. The lowest BCUT2D eigenvalue weighted by atomic mass is 10.1. The number of carbonyl (C=O) groups is 2. The van der Waals surface area contributed by atoms with Gasteiger partial charge in [0, 0.05) is 17.5 Å². The highest BCUT2D eigenvalue weighted by atomic mass is 32.2. The third-order valence-corrected chi connectivity index (χ3v) is 5.97. The van der Waals surface area contributed by atoms with Crippen LogP contribution in [-0.4, -0.2) is 27.0 Å². The third-order valence-electron chi connectivity index (χ3n) is 4.92. The van der Waals surface area contributed by atoms with Gasteiger partial charge in [-0.3, -0.25) is 9.59 Å². The van der Waals surface area contributed by atoms with E-state index in [-0.39, 0.29) is 18.2 Å². The molecule has 2 aromatic carbocycles. The van der Waals surface area contributed by atoms with E-state index in [1.807, 2.05) is 26.8 Å². The molecule has 2 amide bonds. The molecule has 0 spiro atoms. The molecule has 1 aliphatic heterocycles. The fourth-order valence-electron chi connectivity index (χ4n) is 3.25. The fourth-order valence-corrected chi connectivity index (χ4v) is 4.28. The first-order valence-electron chi connectivity index (χ1n) is 8.88. The standard InChI is InChI=1S/C21H18FN3O2S/c1-11-8-16-13(3)23-21(24-17(16)9-12(11)2)28-18-10-19(26)25(20(18)27)15-6-4-14(22)5-7-15/h4-9,18H,10H2,1-3H3. The summed E-state index contributed by atoms with van der Waals surface area (Å²) in [6, 6.07) is 9.40. The summed E-state index contributed by atoms with van der Waals surface area (Å²) in [4.78, 5) is 35.4. The summed E-state index contributed by atoms with van der Waals surface area (Å²) < 4.78 is 13.1. The fraction of sp³-hybridized carbons (Fsp3) is 0.238. The molecule has 0 radical (unpaired) electrons. The second-order valence-electron chi connectivity index (χ2n) is 6.90. The van der Waals surface area contributed by atoms with Crippen LogP contribution < -0.4 is 4.90 Å². The van der Waals surface area contributed by atoms with E-state index in [9.17, 15) is 14.0 Å². The number of aryl methyl sites for hydroxylation is 3. The Hall–Kier alpha value is -2.80. The Balaban J connectivity index is 1.62. The lowest BCUT2D eigenvalue weighted by Gasteiger charge is -2.14. The monoisotopic (exact) mass is 395 g/mol. The number of carbonyl (C=O) groups excluding carboxylic acids is 2. The summed E-state index contributed by atoms with van der Waals surface area (Å²) in [5.41, 5.74) is 4.34. The highest BCUT2D eigenvalue weighted by Crippen LogP contribution is 2.33. The molecule has 1 fully saturated rings.